The Morgan fingerprint density at radius 2 is 2.19 bits per heavy atom. The van der Waals surface area contributed by atoms with Gasteiger partial charge in [0.25, 0.3) is 5.56 Å². The molecule has 0 radical (unpaired) electrons. The van der Waals surface area contributed by atoms with Crippen LogP contribution in [0.2, 0.25) is 5.02 Å². The molecule has 0 saturated carbocycles. The lowest BCUT2D eigenvalue weighted by atomic mass is 10.2. The Hall–Kier alpha value is -1.57. The van der Waals surface area contributed by atoms with Crippen molar-refractivity contribution in [1.82, 2.24) is 9.78 Å². The van der Waals surface area contributed by atoms with Crippen molar-refractivity contribution >= 4 is 33.2 Å². The van der Waals surface area contributed by atoms with Crippen molar-refractivity contribution in [1.29, 1.82) is 0 Å². The number of aromatic nitrogens is 2. The molecule has 2 saturated heterocycles. The van der Waals surface area contributed by atoms with Gasteiger partial charge in [0.05, 0.1) is 18.4 Å². The highest BCUT2D eigenvalue weighted by Gasteiger charge is 2.28. The Morgan fingerprint density at radius 1 is 1.30 bits per heavy atom. The maximum absolute atomic E-state index is 12.7. The molecule has 0 amide bonds. The molecule has 27 heavy (non-hydrogen) atoms. The summed E-state index contributed by atoms with van der Waals surface area (Å²) in [6, 6.07) is 7.79. The normalized spacial score (nSPS) is 22.8. The fraction of sp³-hybridized carbons (Fsp3) is 0.474. The highest BCUT2D eigenvalue weighted by molar-refractivity contribution is 9.10. The summed E-state index contributed by atoms with van der Waals surface area (Å²) in [4.78, 5) is 14.7. The van der Waals surface area contributed by atoms with E-state index < -0.39 is 0 Å². The molecule has 6 nitrogen and oxygen atoms in total. The molecule has 0 N–H and O–H groups in total. The monoisotopic (exact) mass is 453 g/mol. The van der Waals surface area contributed by atoms with Crippen LogP contribution in [0.3, 0.4) is 0 Å². The maximum Gasteiger partial charge on any atom is 0.290 e. The topological polar surface area (TPSA) is 56.6 Å². The van der Waals surface area contributed by atoms with E-state index in [1.165, 1.54) is 4.68 Å². The van der Waals surface area contributed by atoms with Gasteiger partial charge >= 0.3 is 0 Å². The first-order valence-electron chi connectivity index (χ1n) is 9.18. The molecule has 0 bridgehead atoms. The second-order valence-electron chi connectivity index (χ2n) is 6.85. The molecule has 2 atom stereocenters. The second-order valence-corrected chi connectivity index (χ2v) is 8.14. The van der Waals surface area contributed by atoms with Crippen LogP contribution in [0.4, 0.5) is 5.69 Å². The summed E-state index contributed by atoms with van der Waals surface area (Å²) in [5, 5.41) is 4.53. The molecule has 1 unspecified atom stereocenters. The Kier molecular flexibility index (Phi) is 5.71. The summed E-state index contributed by atoms with van der Waals surface area (Å²) < 4.78 is 14.1. The van der Waals surface area contributed by atoms with Crippen molar-refractivity contribution in [2.24, 2.45) is 0 Å². The van der Waals surface area contributed by atoms with E-state index >= 15 is 0 Å². The van der Waals surface area contributed by atoms with Crippen LogP contribution >= 0.6 is 27.5 Å². The van der Waals surface area contributed by atoms with Crippen molar-refractivity contribution in [3.8, 4) is 5.75 Å². The predicted octanol–water partition coefficient (Wildman–Crippen LogP) is 4.02. The van der Waals surface area contributed by atoms with Crippen molar-refractivity contribution in [3.63, 3.8) is 0 Å². The van der Waals surface area contributed by atoms with Gasteiger partial charge in [0, 0.05) is 24.0 Å². The molecule has 0 spiro atoms. The number of anilines is 1. The first-order chi connectivity index (χ1) is 13.1. The van der Waals surface area contributed by atoms with Crippen LogP contribution in [-0.4, -0.2) is 35.6 Å². The molecule has 144 valence electrons. The predicted molar refractivity (Wildman–Crippen MR) is 108 cm³/mol. The van der Waals surface area contributed by atoms with Crippen molar-refractivity contribution in [3.05, 3.63) is 50.3 Å². The minimum absolute atomic E-state index is 0.0412. The van der Waals surface area contributed by atoms with Crippen molar-refractivity contribution in [2.45, 2.75) is 38.0 Å². The molecule has 2 aromatic rings. The third kappa shape index (κ3) is 4.15. The minimum Gasteiger partial charge on any atom is -0.488 e. The molecule has 2 aliphatic rings. The fourth-order valence-corrected chi connectivity index (χ4v) is 4.19. The number of nitrogens with zero attached hydrogens (tertiary/aromatic N) is 3. The van der Waals surface area contributed by atoms with Gasteiger partial charge in [0.1, 0.15) is 16.9 Å². The van der Waals surface area contributed by atoms with Crippen LogP contribution < -0.4 is 15.2 Å². The Bertz CT molecular complexity index is 870. The molecule has 1 aromatic carbocycles. The highest BCUT2D eigenvalue weighted by atomic mass is 79.9. The van der Waals surface area contributed by atoms with Gasteiger partial charge in [-0.3, -0.25) is 4.79 Å². The smallest absolute Gasteiger partial charge is 0.290 e. The summed E-state index contributed by atoms with van der Waals surface area (Å²) >= 11 is 9.86. The van der Waals surface area contributed by atoms with Gasteiger partial charge in [-0.2, -0.15) is 9.78 Å². The molecule has 1 aromatic heterocycles. The van der Waals surface area contributed by atoms with Gasteiger partial charge in [-0.05, 0) is 37.5 Å². The number of hydrogen-bond acceptors (Lipinski definition) is 5. The van der Waals surface area contributed by atoms with Crippen molar-refractivity contribution in [2.75, 3.05) is 24.6 Å². The number of ether oxygens (including phenoxy) is 2. The molecule has 4 rings (SSSR count). The van der Waals surface area contributed by atoms with E-state index in [0.29, 0.717) is 18.8 Å². The number of rotatable bonds is 4. The lowest BCUT2D eigenvalue weighted by molar-refractivity contribution is -0.0424. The van der Waals surface area contributed by atoms with Crippen LogP contribution in [0.5, 0.6) is 5.75 Å². The molecule has 2 aliphatic heterocycles. The molecule has 3 heterocycles. The third-order valence-corrected chi connectivity index (χ3v) is 5.79. The molecule has 0 aliphatic carbocycles. The van der Waals surface area contributed by atoms with Gasteiger partial charge in [-0.15, -0.1) is 0 Å². The molecular weight excluding hydrogens is 434 g/mol. The van der Waals surface area contributed by atoms with E-state index in [0.717, 1.165) is 42.5 Å². The molecule has 2 fully saturated rings. The third-order valence-electron chi connectivity index (χ3n) is 4.94. The van der Waals surface area contributed by atoms with Crippen molar-refractivity contribution < 1.29 is 9.47 Å². The lowest BCUT2D eigenvalue weighted by Crippen LogP contribution is -2.33. The van der Waals surface area contributed by atoms with E-state index in [9.17, 15) is 4.79 Å². The minimum atomic E-state index is -0.316. The SMILES string of the molecule is O=c1c(Cl)c(N2CC[C@@H](Oc3cccc(Br)c3)C2)cnn1C1CCCCO1. The van der Waals surface area contributed by atoms with Gasteiger partial charge in [-0.25, -0.2) is 0 Å². The van der Waals surface area contributed by atoms with Crippen LogP contribution in [-0.2, 0) is 4.74 Å². The van der Waals surface area contributed by atoms with Gasteiger partial charge in [0.15, 0.2) is 6.23 Å². The second kappa shape index (κ2) is 8.20. The maximum atomic E-state index is 12.7. The molecular formula is C19H21BrClN3O3. The zero-order chi connectivity index (χ0) is 18.8. The number of halogens is 2. The summed E-state index contributed by atoms with van der Waals surface area (Å²) in [6.45, 7) is 2.08. The first kappa shape index (κ1) is 18.8. The van der Waals surface area contributed by atoms with E-state index in [4.69, 9.17) is 21.1 Å². The van der Waals surface area contributed by atoms with E-state index in [-0.39, 0.29) is 22.9 Å². The van der Waals surface area contributed by atoms with Gasteiger partial charge < -0.3 is 14.4 Å². The molecule has 8 heteroatoms. The largest absolute Gasteiger partial charge is 0.488 e. The van der Waals surface area contributed by atoms with E-state index in [1.807, 2.05) is 24.3 Å². The highest BCUT2D eigenvalue weighted by Crippen LogP contribution is 2.29. The summed E-state index contributed by atoms with van der Waals surface area (Å²) in [5.74, 6) is 0.824. The van der Waals surface area contributed by atoms with Gasteiger partial charge in [-0.1, -0.05) is 33.6 Å². The van der Waals surface area contributed by atoms with Crippen LogP contribution in [0.25, 0.3) is 0 Å². The first-order valence-corrected chi connectivity index (χ1v) is 10.3. The average Bonchev–Trinajstić information content (AvgIpc) is 3.13. The van der Waals surface area contributed by atoms with Crippen LogP contribution in [0.1, 0.15) is 31.9 Å². The Balaban J connectivity index is 1.47. The Morgan fingerprint density at radius 3 is 2.96 bits per heavy atom. The van der Waals surface area contributed by atoms with E-state index in [2.05, 4.69) is 25.9 Å². The lowest BCUT2D eigenvalue weighted by Gasteiger charge is -2.25. The average molecular weight is 455 g/mol. The number of benzene rings is 1. The van der Waals surface area contributed by atoms with E-state index in [1.54, 1.807) is 6.20 Å². The summed E-state index contributed by atoms with van der Waals surface area (Å²) in [6.07, 6.45) is 5.09. The Labute approximate surface area is 171 Å². The summed E-state index contributed by atoms with van der Waals surface area (Å²) in [5.41, 5.74) is 0.367. The van der Waals surface area contributed by atoms with Crippen LogP contribution in [0.15, 0.2) is 39.7 Å². The van der Waals surface area contributed by atoms with Gasteiger partial charge in [0.2, 0.25) is 0 Å². The fourth-order valence-electron chi connectivity index (χ4n) is 3.55. The van der Waals surface area contributed by atoms with Crippen LogP contribution in [0, 0.1) is 0 Å². The summed E-state index contributed by atoms with van der Waals surface area (Å²) in [7, 11) is 0. The zero-order valence-corrected chi connectivity index (χ0v) is 17.2. The quantitative estimate of drug-likeness (QED) is 0.698. The zero-order valence-electron chi connectivity index (χ0n) is 14.8. The standard InChI is InChI=1S/C19H21BrClN3O3/c20-13-4-3-5-14(10-13)27-15-7-8-23(12-15)16-11-22-24(19(25)18(16)21)17-6-1-2-9-26-17/h3-5,10-11,15,17H,1-2,6-9,12H2/t15-,17?/m1/s1. The number of hydrogen-bond donors (Lipinski definition) is 0.